The van der Waals surface area contributed by atoms with Crippen LogP contribution < -0.4 is 5.73 Å². The number of anilines is 1. The second-order valence-corrected chi connectivity index (χ2v) is 14.9. The number of unbranched alkanes of at least 4 members (excludes halogenated alkanes) is 15. The summed E-state index contributed by atoms with van der Waals surface area (Å²) in [7, 11) is -0.924. The molecule has 14 heteroatoms. The molecule has 3 rings (SSSR count). The Morgan fingerprint density at radius 3 is 2.20 bits per heavy atom. The first-order valence-corrected chi connectivity index (χ1v) is 20.9. The molecule has 3 atom stereocenters. The van der Waals surface area contributed by atoms with Gasteiger partial charge >= 0.3 is 8.60 Å². The number of pyridine rings is 1. The number of nitriles is 2. The van der Waals surface area contributed by atoms with E-state index in [0.717, 1.165) is 24.1 Å². The van der Waals surface area contributed by atoms with E-state index in [1.807, 2.05) is 12.1 Å². The lowest BCUT2D eigenvalue weighted by Crippen LogP contribution is -2.35. The van der Waals surface area contributed by atoms with Crippen LogP contribution in [0.15, 0.2) is 36.9 Å². The lowest BCUT2D eigenvalue weighted by molar-refractivity contribution is -0.0511. The summed E-state index contributed by atoms with van der Waals surface area (Å²) in [5.41, 5.74) is 7.30. The molecule has 0 spiro atoms. The van der Waals surface area contributed by atoms with E-state index in [2.05, 4.69) is 34.1 Å². The summed E-state index contributed by atoms with van der Waals surface area (Å²) in [4.78, 5) is 18.7. The Morgan fingerprint density at radius 2 is 1.57 bits per heavy atom. The molecule has 0 amide bonds. The predicted molar refractivity (Wildman–Crippen MR) is 210 cm³/mol. The zero-order valence-corrected chi connectivity index (χ0v) is 33.4. The third-order valence-corrected chi connectivity index (χ3v) is 10.3. The highest BCUT2D eigenvalue weighted by atomic mass is 31.2. The van der Waals surface area contributed by atoms with Gasteiger partial charge in [-0.25, -0.2) is 9.50 Å². The molecule has 0 bridgehead atoms. The second kappa shape index (κ2) is 27.3. The minimum atomic E-state index is -2.36. The maximum atomic E-state index is 10.6. The van der Waals surface area contributed by atoms with Gasteiger partial charge < -0.3 is 33.9 Å². The number of nitrogens with zero attached hydrogens (tertiary/aromatic N) is 6. The van der Waals surface area contributed by atoms with Crippen molar-refractivity contribution in [3.8, 4) is 12.1 Å². The second-order valence-electron chi connectivity index (χ2n) is 13.9. The molecule has 0 aromatic carbocycles. The molecule has 298 valence electrons. The highest BCUT2D eigenvalue weighted by Crippen LogP contribution is 2.35. The van der Waals surface area contributed by atoms with Gasteiger partial charge in [-0.3, -0.25) is 4.98 Å². The third kappa shape index (κ3) is 17.5. The van der Waals surface area contributed by atoms with Gasteiger partial charge in [0.15, 0.2) is 11.4 Å². The summed E-state index contributed by atoms with van der Waals surface area (Å²) in [6, 6.07) is 9.68. The van der Waals surface area contributed by atoms with Crippen molar-refractivity contribution >= 4 is 19.9 Å². The summed E-state index contributed by atoms with van der Waals surface area (Å²) in [5.74, 6) is 0.362. The molecular formula is C40H62N7O6P. The third-order valence-electron chi connectivity index (χ3n) is 9.57. The number of methoxy groups -OCH3 is 1. The average molecular weight is 768 g/mol. The van der Waals surface area contributed by atoms with Crippen LogP contribution in [0.4, 0.5) is 5.82 Å². The van der Waals surface area contributed by atoms with Crippen LogP contribution in [-0.4, -0.2) is 69.7 Å². The van der Waals surface area contributed by atoms with Crippen molar-refractivity contribution in [2.24, 2.45) is 0 Å². The van der Waals surface area contributed by atoms with E-state index >= 15 is 0 Å². The zero-order valence-electron chi connectivity index (χ0n) is 32.5. The Hall–Kier alpha value is -3.26. The monoisotopic (exact) mass is 767 g/mol. The van der Waals surface area contributed by atoms with Crippen molar-refractivity contribution < 1.29 is 28.2 Å². The number of aromatic nitrogens is 4. The van der Waals surface area contributed by atoms with Gasteiger partial charge in [0.25, 0.3) is 0 Å². The van der Waals surface area contributed by atoms with Gasteiger partial charge in [-0.1, -0.05) is 103 Å². The Kier molecular flexibility index (Phi) is 22.9. The molecule has 3 heterocycles. The van der Waals surface area contributed by atoms with Crippen molar-refractivity contribution in [2.45, 2.75) is 141 Å². The Labute approximate surface area is 323 Å². The van der Waals surface area contributed by atoms with Gasteiger partial charge in [-0.2, -0.15) is 15.6 Å². The molecule has 0 radical (unpaired) electrons. The van der Waals surface area contributed by atoms with Crippen LogP contribution in [-0.2, 0) is 36.3 Å². The number of nitrogens with two attached hydrogens (primary N) is 1. The van der Waals surface area contributed by atoms with E-state index in [4.69, 9.17) is 29.0 Å². The lowest BCUT2D eigenvalue weighted by atomic mass is 9.99. The van der Waals surface area contributed by atoms with Crippen molar-refractivity contribution in [3.63, 3.8) is 0 Å². The number of rotatable bonds is 32. The van der Waals surface area contributed by atoms with E-state index < -0.39 is 20.3 Å². The van der Waals surface area contributed by atoms with Gasteiger partial charge in [0.05, 0.1) is 32.0 Å². The summed E-state index contributed by atoms with van der Waals surface area (Å²) in [5, 5.41) is 23.5. The van der Waals surface area contributed by atoms with Crippen LogP contribution in [0.25, 0.3) is 5.52 Å². The van der Waals surface area contributed by atoms with E-state index in [-0.39, 0.29) is 32.8 Å². The van der Waals surface area contributed by atoms with Crippen molar-refractivity contribution in [1.82, 2.24) is 19.6 Å². The molecule has 0 aliphatic carbocycles. The quantitative estimate of drug-likeness (QED) is 0.0457. The molecule has 0 fully saturated rings. The average Bonchev–Trinajstić information content (AvgIpc) is 3.62. The molecule has 3 aromatic heterocycles. The lowest BCUT2D eigenvalue weighted by Gasteiger charge is -2.26. The maximum absolute atomic E-state index is 10.6. The van der Waals surface area contributed by atoms with Crippen LogP contribution in [0.1, 0.15) is 133 Å². The number of hydrogen-bond acceptors (Lipinski definition) is 12. The fourth-order valence-corrected chi connectivity index (χ4v) is 6.88. The van der Waals surface area contributed by atoms with Gasteiger partial charge in [-0.15, -0.1) is 0 Å². The van der Waals surface area contributed by atoms with Crippen LogP contribution in [0.2, 0.25) is 0 Å². The Bertz CT molecular complexity index is 1530. The van der Waals surface area contributed by atoms with E-state index in [1.54, 1.807) is 16.8 Å². The van der Waals surface area contributed by atoms with Gasteiger partial charge in [0.1, 0.15) is 30.1 Å². The normalized spacial score (nSPS) is 13.7. The molecule has 13 nitrogen and oxygen atoms in total. The van der Waals surface area contributed by atoms with Crippen molar-refractivity contribution in [1.29, 1.82) is 10.5 Å². The number of fused-ring (bicyclic) bond motifs is 1. The smallest absolute Gasteiger partial charge is 0.330 e. The molecule has 0 saturated carbocycles. The van der Waals surface area contributed by atoms with Gasteiger partial charge in [0.2, 0.25) is 0 Å². The van der Waals surface area contributed by atoms with E-state index in [1.165, 1.54) is 110 Å². The number of ether oxygens (including phenoxy) is 3. The first-order chi connectivity index (χ1) is 26.4. The molecular weight excluding hydrogens is 705 g/mol. The number of nitrogen functional groups attached to an aromatic ring is 1. The van der Waals surface area contributed by atoms with E-state index in [9.17, 15) is 15.4 Å². The van der Waals surface area contributed by atoms with Crippen molar-refractivity contribution in [3.05, 3.63) is 53.7 Å². The SMILES string of the molecule is CCCCCCCCCCCCCCCCCCOCC(COP(O)OCC(C#N)(CCc1ccc2c(N)ncnn12)OC)OCc1cncc(C#N)c1. The largest absolute Gasteiger partial charge is 0.382 e. The van der Waals surface area contributed by atoms with Crippen molar-refractivity contribution in [2.75, 3.05) is 39.3 Å². The Morgan fingerprint density at radius 1 is 0.907 bits per heavy atom. The summed E-state index contributed by atoms with van der Waals surface area (Å²) >= 11 is 0. The Balaban J connectivity index is 1.35. The van der Waals surface area contributed by atoms with Crippen LogP contribution in [0.3, 0.4) is 0 Å². The number of aryl methyl sites for hydroxylation is 1. The standard InChI is InChI=1S/C40H62N7O6P/c1-3-4-5-6-7-8-9-10-11-12-13-14-15-16-17-18-23-50-29-37(51-28-35-24-34(25-41)26-44-27-35)30-52-54(48)53-32-40(31-42,49-2)22-21-36-19-20-38-39(43)45-33-46-47(36)38/h19-20,24,26-27,33,37,48H,3-18,21-23,28-30,32H2,1-2H3,(H2,43,45,46). The van der Waals surface area contributed by atoms with E-state index in [0.29, 0.717) is 29.9 Å². The first-order valence-electron chi connectivity index (χ1n) is 19.7. The van der Waals surface area contributed by atoms with Gasteiger partial charge in [0, 0.05) is 31.8 Å². The highest BCUT2D eigenvalue weighted by molar-refractivity contribution is 7.40. The molecule has 3 unspecified atom stereocenters. The summed E-state index contributed by atoms with van der Waals surface area (Å²) in [6.07, 6.45) is 25.7. The van der Waals surface area contributed by atoms with Crippen LogP contribution in [0, 0.1) is 22.7 Å². The van der Waals surface area contributed by atoms with Crippen LogP contribution in [0.5, 0.6) is 0 Å². The predicted octanol–water partition coefficient (Wildman–Crippen LogP) is 8.54. The molecule has 3 N–H and O–H groups in total. The highest BCUT2D eigenvalue weighted by Gasteiger charge is 2.32. The topological polar surface area (TPSA) is 183 Å². The summed E-state index contributed by atoms with van der Waals surface area (Å²) in [6.45, 7) is 3.10. The maximum Gasteiger partial charge on any atom is 0.330 e. The number of hydrogen-bond donors (Lipinski definition) is 2. The fourth-order valence-electron chi connectivity index (χ4n) is 6.19. The minimum absolute atomic E-state index is 0.00363. The fraction of sp³-hybridized carbons (Fsp3) is 0.675. The van der Waals surface area contributed by atoms with Gasteiger partial charge in [-0.05, 0) is 43.0 Å². The zero-order chi connectivity index (χ0) is 38.7. The minimum Gasteiger partial charge on any atom is -0.382 e. The van der Waals surface area contributed by atoms with Crippen LogP contribution >= 0.6 is 8.60 Å². The molecule has 3 aromatic rings. The molecule has 0 aliphatic rings. The summed E-state index contributed by atoms with van der Waals surface area (Å²) < 4.78 is 30.5. The first kappa shape index (κ1) is 45.1. The molecule has 0 aliphatic heterocycles. The molecule has 0 saturated heterocycles. The molecule has 54 heavy (non-hydrogen) atoms.